The number of amides is 1. The van der Waals surface area contributed by atoms with Gasteiger partial charge in [0, 0.05) is 24.7 Å². The van der Waals surface area contributed by atoms with Gasteiger partial charge in [0.2, 0.25) is 0 Å². The molecule has 0 aliphatic carbocycles. The number of ether oxygens (including phenoxy) is 2. The molecule has 1 aliphatic heterocycles. The smallest absolute Gasteiger partial charge is 0.367 e. The summed E-state index contributed by atoms with van der Waals surface area (Å²) < 4.78 is 62.8. The molecule has 184 valence electrons. The fourth-order valence-electron chi connectivity index (χ4n) is 2.73. The Kier molecular flexibility index (Phi) is 9.41. The van der Waals surface area contributed by atoms with Crippen molar-refractivity contribution in [3.63, 3.8) is 0 Å². The van der Waals surface area contributed by atoms with Crippen LogP contribution in [0.15, 0.2) is 15.8 Å². The van der Waals surface area contributed by atoms with Crippen LogP contribution in [0.2, 0.25) is 0 Å². The number of hydrogen-bond donors (Lipinski definition) is 4. The molecule has 1 aliphatic rings. The van der Waals surface area contributed by atoms with Gasteiger partial charge in [0.15, 0.2) is 0 Å². The number of halogens is 3. The third-order valence-corrected chi connectivity index (χ3v) is 4.72. The van der Waals surface area contributed by atoms with Crippen LogP contribution in [-0.2, 0) is 29.8 Å². The van der Waals surface area contributed by atoms with Crippen molar-refractivity contribution in [1.82, 2.24) is 14.9 Å². The first-order valence-electron chi connectivity index (χ1n) is 9.45. The molecule has 1 aromatic heterocycles. The number of phosphoric acid groups is 1. The minimum Gasteiger partial charge on any atom is -0.367 e. The summed E-state index contributed by atoms with van der Waals surface area (Å²) in [5.74, 6) is 3.11. The Balaban J connectivity index is 1.85. The molecule has 1 aromatic rings. The van der Waals surface area contributed by atoms with Crippen LogP contribution in [0.25, 0.3) is 0 Å². The second-order valence-corrected chi connectivity index (χ2v) is 7.97. The van der Waals surface area contributed by atoms with E-state index in [4.69, 9.17) is 19.3 Å². The molecule has 33 heavy (non-hydrogen) atoms. The Labute approximate surface area is 184 Å². The van der Waals surface area contributed by atoms with Gasteiger partial charge in [0.25, 0.3) is 5.56 Å². The van der Waals surface area contributed by atoms with Crippen LogP contribution in [0, 0.1) is 11.8 Å². The van der Waals surface area contributed by atoms with Crippen LogP contribution in [0.1, 0.15) is 24.6 Å². The highest BCUT2D eigenvalue weighted by atomic mass is 31.2. The van der Waals surface area contributed by atoms with E-state index in [9.17, 15) is 32.1 Å². The maximum atomic E-state index is 12.1. The molecule has 1 amide bonds. The van der Waals surface area contributed by atoms with Crippen LogP contribution in [-0.4, -0.2) is 63.9 Å². The lowest BCUT2D eigenvalue weighted by Crippen LogP contribution is -2.38. The molecule has 1 fully saturated rings. The van der Waals surface area contributed by atoms with Crippen molar-refractivity contribution in [2.75, 3.05) is 26.4 Å². The number of carbonyl (C=O) groups excluding carboxylic acids is 1. The summed E-state index contributed by atoms with van der Waals surface area (Å²) in [7, 11) is -4.66. The summed E-state index contributed by atoms with van der Waals surface area (Å²) in [4.78, 5) is 54.3. The predicted molar refractivity (Wildman–Crippen MR) is 104 cm³/mol. The van der Waals surface area contributed by atoms with Gasteiger partial charge < -0.3 is 24.6 Å². The first-order chi connectivity index (χ1) is 15.4. The fourth-order valence-corrected chi connectivity index (χ4v) is 3.09. The van der Waals surface area contributed by atoms with Crippen molar-refractivity contribution in [2.24, 2.45) is 0 Å². The zero-order valence-electron chi connectivity index (χ0n) is 17.0. The van der Waals surface area contributed by atoms with E-state index in [1.807, 2.05) is 0 Å². The van der Waals surface area contributed by atoms with Gasteiger partial charge in [-0.05, 0) is 12.8 Å². The van der Waals surface area contributed by atoms with E-state index in [0.717, 1.165) is 4.57 Å². The molecule has 12 nitrogen and oxygen atoms in total. The Morgan fingerprint density at radius 1 is 1.33 bits per heavy atom. The van der Waals surface area contributed by atoms with Crippen molar-refractivity contribution >= 4 is 13.7 Å². The normalized spacial score (nSPS) is 18.6. The summed E-state index contributed by atoms with van der Waals surface area (Å²) in [5.41, 5.74) is -1.26. The van der Waals surface area contributed by atoms with Crippen molar-refractivity contribution in [3.8, 4) is 11.8 Å². The summed E-state index contributed by atoms with van der Waals surface area (Å²) in [6.45, 7) is -1.08. The van der Waals surface area contributed by atoms with Gasteiger partial charge in [-0.1, -0.05) is 11.8 Å². The van der Waals surface area contributed by atoms with Crippen molar-refractivity contribution in [2.45, 2.75) is 37.8 Å². The molecule has 16 heteroatoms. The second kappa shape index (κ2) is 11.6. The topological polar surface area (TPSA) is 169 Å². The molecule has 0 saturated carbocycles. The van der Waals surface area contributed by atoms with Crippen molar-refractivity contribution in [3.05, 3.63) is 32.6 Å². The third-order valence-electron chi connectivity index (χ3n) is 4.23. The quantitative estimate of drug-likeness (QED) is 0.200. The van der Waals surface area contributed by atoms with Crippen LogP contribution >= 0.6 is 7.82 Å². The number of H-pyrrole nitrogens is 1. The third kappa shape index (κ3) is 9.12. The molecule has 0 bridgehead atoms. The fraction of sp³-hybridized carbons (Fsp3) is 0.588. The molecule has 1 saturated heterocycles. The van der Waals surface area contributed by atoms with E-state index >= 15 is 0 Å². The molecular weight excluding hydrogens is 478 g/mol. The summed E-state index contributed by atoms with van der Waals surface area (Å²) in [6.07, 6.45) is -4.49. The Morgan fingerprint density at radius 3 is 2.73 bits per heavy atom. The first-order valence-corrected chi connectivity index (χ1v) is 11.0. The van der Waals surface area contributed by atoms with Gasteiger partial charge in [-0.3, -0.25) is 23.7 Å². The molecule has 2 atom stereocenters. The number of nitrogens with zero attached hydrogens (tertiary/aromatic N) is 1. The zero-order valence-corrected chi connectivity index (χ0v) is 17.9. The van der Waals surface area contributed by atoms with Gasteiger partial charge in [0.1, 0.15) is 12.8 Å². The molecular formula is C17H21F3N3O9P. The van der Waals surface area contributed by atoms with Gasteiger partial charge >= 0.3 is 25.6 Å². The number of carbonyl (C=O) groups is 1. The average Bonchev–Trinajstić information content (AvgIpc) is 3.17. The number of nitrogens with one attached hydrogen (secondary N) is 2. The number of phosphoric ester groups is 1. The van der Waals surface area contributed by atoms with Crippen molar-refractivity contribution in [1.29, 1.82) is 0 Å². The number of rotatable bonds is 9. The maximum absolute atomic E-state index is 12.1. The molecule has 0 spiro atoms. The molecule has 2 rings (SSSR count). The number of hydrogen-bond acceptors (Lipinski definition) is 7. The largest absolute Gasteiger partial charge is 0.471 e. The van der Waals surface area contributed by atoms with Crippen LogP contribution in [0.4, 0.5) is 13.2 Å². The maximum Gasteiger partial charge on any atom is 0.471 e. The molecule has 0 aromatic carbocycles. The summed E-state index contributed by atoms with van der Waals surface area (Å²) in [5, 5.41) is 1.63. The minimum absolute atomic E-state index is 0.0682. The Morgan fingerprint density at radius 2 is 2.06 bits per heavy atom. The van der Waals surface area contributed by atoms with Gasteiger partial charge in [-0.25, -0.2) is 9.36 Å². The van der Waals surface area contributed by atoms with Gasteiger partial charge in [0.05, 0.1) is 19.3 Å². The summed E-state index contributed by atoms with van der Waals surface area (Å²) >= 11 is 0. The lowest BCUT2D eigenvalue weighted by atomic mass is 10.2. The molecule has 0 radical (unpaired) electrons. The first kappa shape index (κ1) is 26.8. The SMILES string of the molecule is O=C(NCCOCC#CCc1cn([C@H]2CC[C@@H](COP(=O)(O)O)O2)c(=O)[nH]c1=O)C(F)(F)F. The summed E-state index contributed by atoms with van der Waals surface area (Å²) in [6, 6.07) is 0. The van der Waals surface area contributed by atoms with Crippen LogP contribution in [0.3, 0.4) is 0 Å². The zero-order chi connectivity index (χ0) is 24.6. The van der Waals surface area contributed by atoms with Crippen LogP contribution < -0.4 is 16.6 Å². The lowest BCUT2D eigenvalue weighted by Gasteiger charge is -2.16. The lowest BCUT2D eigenvalue weighted by molar-refractivity contribution is -0.173. The monoisotopic (exact) mass is 499 g/mol. The number of aromatic nitrogens is 2. The van der Waals surface area contributed by atoms with E-state index in [1.165, 1.54) is 6.20 Å². The van der Waals surface area contributed by atoms with E-state index in [1.54, 1.807) is 5.32 Å². The second-order valence-electron chi connectivity index (χ2n) is 6.73. The van der Waals surface area contributed by atoms with Gasteiger partial charge in [-0.15, -0.1) is 0 Å². The van der Waals surface area contributed by atoms with E-state index in [0.29, 0.717) is 12.8 Å². The van der Waals surface area contributed by atoms with E-state index in [-0.39, 0.29) is 38.3 Å². The number of aromatic amines is 1. The Bertz CT molecular complexity index is 1050. The standard InChI is InChI=1S/C17H21F3N3O9P/c18-17(19,20)15(25)21-6-8-30-7-2-1-3-11-9-23(16(26)22-14(11)24)13-5-4-12(32-13)10-31-33(27,28)29/h9,12-13H,3-8,10H2,(H,21,25)(H,22,24,26)(H2,27,28,29)/t12-,13+/m0/s1. The van der Waals surface area contributed by atoms with Crippen molar-refractivity contribution < 1.29 is 46.3 Å². The average molecular weight is 499 g/mol. The minimum atomic E-state index is -4.97. The molecule has 4 N–H and O–H groups in total. The highest BCUT2D eigenvalue weighted by molar-refractivity contribution is 7.46. The highest BCUT2D eigenvalue weighted by Gasteiger charge is 2.38. The van der Waals surface area contributed by atoms with E-state index in [2.05, 4.69) is 21.3 Å². The molecule has 0 unspecified atom stereocenters. The Hall–Kier alpha value is -2.47. The van der Waals surface area contributed by atoms with Crippen LogP contribution in [0.5, 0.6) is 0 Å². The van der Waals surface area contributed by atoms with Gasteiger partial charge in [-0.2, -0.15) is 13.2 Å². The number of alkyl halides is 3. The predicted octanol–water partition coefficient (Wildman–Crippen LogP) is -0.436. The van der Waals surface area contributed by atoms with E-state index < -0.39 is 43.5 Å². The molecule has 2 heterocycles. The highest BCUT2D eigenvalue weighted by Crippen LogP contribution is 2.37.